The molecule has 0 aliphatic carbocycles. The molecule has 2 nitrogen and oxygen atoms in total. The molecule has 0 unspecified atom stereocenters. The van der Waals surface area contributed by atoms with Gasteiger partial charge in [-0.1, -0.05) is 26.2 Å². The first-order chi connectivity index (χ1) is 7.08. The molecule has 1 fully saturated rings. The molecule has 2 heteroatoms. The van der Waals surface area contributed by atoms with Crippen LogP contribution in [0.15, 0.2) is 0 Å². The summed E-state index contributed by atoms with van der Waals surface area (Å²) in [6, 6.07) is 0. The van der Waals surface area contributed by atoms with E-state index < -0.39 is 0 Å². The van der Waals surface area contributed by atoms with E-state index in [1.807, 2.05) is 0 Å². The summed E-state index contributed by atoms with van der Waals surface area (Å²) < 4.78 is 0. The van der Waals surface area contributed by atoms with Crippen molar-refractivity contribution in [2.24, 2.45) is 0 Å². The average molecular weight is 211 g/mol. The van der Waals surface area contributed by atoms with Crippen molar-refractivity contribution in [1.82, 2.24) is 4.90 Å². The van der Waals surface area contributed by atoms with Gasteiger partial charge in [-0.2, -0.15) is 0 Å². The van der Waals surface area contributed by atoms with Crippen LogP contribution in [0.4, 0.5) is 0 Å². The molecule has 88 valence electrons. The van der Waals surface area contributed by atoms with Crippen LogP contribution in [0.25, 0.3) is 0 Å². The lowest BCUT2D eigenvalue weighted by Gasteiger charge is -2.38. The number of unbranched alkanes of at least 4 members (excludes halogenated alkanes) is 1. The Labute approximate surface area is 94.0 Å². The van der Waals surface area contributed by atoms with Crippen molar-refractivity contribution < 1.29 is 4.79 Å². The number of rotatable bonds is 4. The standard InChI is InChI=1S/C13H25NO/c1-4-5-10-13(2,3)14-11-8-6-7-9-12(14)15/h4-11H2,1-3H3. The number of carbonyl (C=O) groups is 1. The summed E-state index contributed by atoms with van der Waals surface area (Å²) in [4.78, 5) is 14.1. The Morgan fingerprint density at radius 3 is 2.67 bits per heavy atom. The summed E-state index contributed by atoms with van der Waals surface area (Å²) in [6.07, 6.45) is 7.81. The predicted molar refractivity (Wildman–Crippen MR) is 63.8 cm³/mol. The average Bonchev–Trinajstić information content (AvgIpc) is 2.40. The zero-order chi connectivity index (χ0) is 11.3. The molecule has 0 spiro atoms. The molecular formula is C13H25NO. The minimum Gasteiger partial charge on any atom is -0.338 e. The molecular weight excluding hydrogens is 186 g/mol. The summed E-state index contributed by atoms with van der Waals surface area (Å²) in [7, 11) is 0. The third-order valence-corrected chi connectivity index (χ3v) is 3.45. The van der Waals surface area contributed by atoms with E-state index in [2.05, 4.69) is 25.7 Å². The highest BCUT2D eigenvalue weighted by molar-refractivity contribution is 5.77. The number of likely N-dealkylation sites (tertiary alicyclic amines) is 1. The molecule has 0 aromatic carbocycles. The van der Waals surface area contributed by atoms with E-state index in [0.717, 1.165) is 25.8 Å². The predicted octanol–water partition coefficient (Wildman–Crippen LogP) is 3.36. The molecule has 1 aliphatic rings. The van der Waals surface area contributed by atoms with Crippen LogP contribution in [0.3, 0.4) is 0 Å². The van der Waals surface area contributed by atoms with Crippen molar-refractivity contribution in [2.45, 2.75) is 71.3 Å². The van der Waals surface area contributed by atoms with E-state index in [1.54, 1.807) is 0 Å². The van der Waals surface area contributed by atoms with Crippen LogP contribution in [-0.4, -0.2) is 22.9 Å². The van der Waals surface area contributed by atoms with Gasteiger partial charge in [0.15, 0.2) is 0 Å². The minimum atomic E-state index is 0.0669. The van der Waals surface area contributed by atoms with Gasteiger partial charge < -0.3 is 4.90 Å². The van der Waals surface area contributed by atoms with Gasteiger partial charge in [-0.05, 0) is 33.1 Å². The zero-order valence-electron chi connectivity index (χ0n) is 10.5. The largest absolute Gasteiger partial charge is 0.338 e. The maximum absolute atomic E-state index is 12.0. The van der Waals surface area contributed by atoms with Crippen molar-refractivity contribution in [3.63, 3.8) is 0 Å². The Morgan fingerprint density at radius 1 is 1.27 bits per heavy atom. The number of hydrogen-bond acceptors (Lipinski definition) is 1. The maximum atomic E-state index is 12.0. The quantitative estimate of drug-likeness (QED) is 0.698. The van der Waals surface area contributed by atoms with Gasteiger partial charge >= 0.3 is 0 Å². The third-order valence-electron chi connectivity index (χ3n) is 3.45. The summed E-state index contributed by atoms with van der Waals surface area (Å²) in [5.41, 5.74) is 0.0669. The monoisotopic (exact) mass is 211 g/mol. The fourth-order valence-electron chi connectivity index (χ4n) is 2.37. The highest BCUT2D eigenvalue weighted by atomic mass is 16.2. The highest BCUT2D eigenvalue weighted by Crippen LogP contribution is 2.25. The lowest BCUT2D eigenvalue weighted by atomic mass is 9.94. The van der Waals surface area contributed by atoms with Gasteiger partial charge in [0.2, 0.25) is 5.91 Å². The molecule has 0 radical (unpaired) electrons. The molecule has 15 heavy (non-hydrogen) atoms. The van der Waals surface area contributed by atoms with E-state index in [4.69, 9.17) is 0 Å². The molecule has 1 saturated heterocycles. The first-order valence-electron chi connectivity index (χ1n) is 6.38. The maximum Gasteiger partial charge on any atom is 0.223 e. The number of nitrogens with zero attached hydrogens (tertiary/aromatic N) is 1. The number of carbonyl (C=O) groups excluding carboxylic acids is 1. The third kappa shape index (κ3) is 3.51. The van der Waals surface area contributed by atoms with Crippen LogP contribution in [-0.2, 0) is 4.79 Å². The van der Waals surface area contributed by atoms with Crippen LogP contribution < -0.4 is 0 Å². The second-order valence-corrected chi connectivity index (χ2v) is 5.27. The first-order valence-corrected chi connectivity index (χ1v) is 6.38. The SMILES string of the molecule is CCCCC(C)(C)N1CCCCCC1=O. The van der Waals surface area contributed by atoms with Crippen molar-refractivity contribution in [1.29, 1.82) is 0 Å². The molecule has 1 amide bonds. The van der Waals surface area contributed by atoms with E-state index in [0.29, 0.717) is 5.91 Å². The molecule has 0 aromatic heterocycles. The van der Waals surface area contributed by atoms with Gasteiger partial charge in [0.1, 0.15) is 0 Å². The second kappa shape index (κ2) is 5.53. The summed E-state index contributed by atoms with van der Waals surface area (Å²) in [5, 5.41) is 0. The van der Waals surface area contributed by atoms with Crippen LogP contribution >= 0.6 is 0 Å². The molecule has 1 aliphatic heterocycles. The van der Waals surface area contributed by atoms with Crippen LogP contribution in [0.5, 0.6) is 0 Å². The van der Waals surface area contributed by atoms with Gasteiger partial charge in [0.25, 0.3) is 0 Å². The van der Waals surface area contributed by atoms with E-state index >= 15 is 0 Å². The van der Waals surface area contributed by atoms with Gasteiger partial charge in [-0.25, -0.2) is 0 Å². The molecule has 1 heterocycles. The Kier molecular flexibility index (Phi) is 4.62. The van der Waals surface area contributed by atoms with E-state index in [9.17, 15) is 4.79 Å². The van der Waals surface area contributed by atoms with Gasteiger partial charge in [0.05, 0.1) is 0 Å². The molecule has 0 saturated carbocycles. The van der Waals surface area contributed by atoms with Crippen molar-refractivity contribution in [3.8, 4) is 0 Å². The molecule has 0 bridgehead atoms. The molecule has 0 atom stereocenters. The molecule has 0 N–H and O–H groups in total. The zero-order valence-corrected chi connectivity index (χ0v) is 10.5. The Bertz CT molecular complexity index is 211. The second-order valence-electron chi connectivity index (χ2n) is 5.27. The van der Waals surface area contributed by atoms with Crippen molar-refractivity contribution in [3.05, 3.63) is 0 Å². The van der Waals surface area contributed by atoms with Crippen molar-refractivity contribution in [2.75, 3.05) is 6.54 Å². The molecule has 1 rings (SSSR count). The number of hydrogen-bond donors (Lipinski definition) is 0. The van der Waals surface area contributed by atoms with Crippen molar-refractivity contribution >= 4 is 5.91 Å². The first kappa shape index (κ1) is 12.5. The van der Waals surface area contributed by atoms with Gasteiger partial charge in [-0.3, -0.25) is 4.79 Å². The summed E-state index contributed by atoms with van der Waals surface area (Å²) >= 11 is 0. The number of amides is 1. The van der Waals surface area contributed by atoms with Gasteiger partial charge in [-0.15, -0.1) is 0 Å². The lowest BCUT2D eigenvalue weighted by Crippen LogP contribution is -2.47. The highest BCUT2D eigenvalue weighted by Gasteiger charge is 2.30. The van der Waals surface area contributed by atoms with Crippen LogP contribution in [0.1, 0.15) is 65.7 Å². The van der Waals surface area contributed by atoms with Crippen LogP contribution in [0.2, 0.25) is 0 Å². The van der Waals surface area contributed by atoms with Crippen LogP contribution in [0, 0.1) is 0 Å². The summed E-state index contributed by atoms with van der Waals surface area (Å²) in [5.74, 6) is 0.369. The van der Waals surface area contributed by atoms with E-state index in [-0.39, 0.29) is 5.54 Å². The lowest BCUT2D eigenvalue weighted by molar-refractivity contribution is -0.136. The minimum absolute atomic E-state index is 0.0669. The Balaban J connectivity index is 2.60. The smallest absolute Gasteiger partial charge is 0.223 e. The normalized spacial score (nSPS) is 19.1. The molecule has 0 aromatic rings. The summed E-state index contributed by atoms with van der Waals surface area (Å²) in [6.45, 7) is 7.60. The fourth-order valence-corrected chi connectivity index (χ4v) is 2.37. The topological polar surface area (TPSA) is 20.3 Å². The van der Waals surface area contributed by atoms with E-state index in [1.165, 1.54) is 25.7 Å². The Morgan fingerprint density at radius 2 is 2.00 bits per heavy atom. The fraction of sp³-hybridized carbons (Fsp3) is 0.923. The van der Waals surface area contributed by atoms with Gasteiger partial charge in [0, 0.05) is 18.5 Å². The Hall–Kier alpha value is -0.530.